The van der Waals surface area contributed by atoms with E-state index in [2.05, 4.69) is 31.2 Å². The summed E-state index contributed by atoms with van der Waals surface area (Å²) in [4.78, 5) is 18.9. The fourth-order valence-electron chi connectivity index (χ4n) is 0.943. The molecule has 0 radical (unpaired) electrons. The van der Waals surface area contributed by atoms with Crippen molar-refractivity contribution < 1.29 is 4.79 Å². The second-order valence-electron chi connectivity index (χ2n) is 3.47. The Kier molecular flexibility index (Phi) is 4.95. The first kappa shape index (κ1) is 13.7. The fourth-order valence-corrected chi connectivity index (χ4v) is 1.47. The lowest BCUT2D eigenvalue weighted by atomic mass is 10.1. The number of carbonyl (C=O) groups is 1. The largest absolute Gasteiger partial charge is 0.320 e. The third kappa shape index (κ3) is 3.30. The van der Waals surface area contributed by atoms with Gasteiger partial charge in [-0.1, -0.05) is 53.0 Å². The molecule has 0 bridgehead atoms. The van der Waals surface area contributed by atoms with E-state index in [1.54, 1.807) is 0 Å². The summed E-state index contributed by atoms with van der Waals surface area (Å²) in [6.07, 6.45) is 1.23. The molecule has 16 heavy (non-hydrogen) atoms. The molecule has 0 spiro atoms. The first-order valence-corrected chi connectivity index (χ1v) is 6.21. The summed E-state index contributed by atoms with van der Waals surface area (Å²) in [7, 11) is 0. The normalized spacial score (nSPS) is 12.6. The van der Waals surface area contributed by atoms with Gasteiger partial charge in [-0.2, -0.15) is 0 Å². The Balaban J connectivity index is 2.85. The van der Waals surface area contributed by atoms with Crippen LogP contribution in [-0.4, -0.2) is 20.7 Å². The minimum absolute atomic E-state index is 0.122. The molecule has 4 nitrogen and oxygen atoms in total. The minimum atomic E-state index is -0.320. The Hall–Kier alpha value is -0.390. The van der Waals surface area contributed by atoms with Crippen LogP contribution in [0, 0.1) is 5.92 Å². The van der Waals surface area contributed by atoms with Gasteiger partial charge in [-0.25, -0.2) is 9.97 Å². The summed E-state index contributed by atoms with van der Waals surface area (Å²) < 4.78 is 0. The molecule has 7 heteroatoms. The highest BCUT2D eigenvalue weighted by atomic mass is 79.9. The van der Waals surface area contributed by atoms with Crippen LogP contribution in [0.25, 0.3) is 0 Å². The topological polar surface area (TPSA) is 54.9 Å². The maximum absolute atomic E-state index is 11.7. The molecule has 1 heterocycles. The fraction of sp³-hybridized carbons (Fsp3) is 0.444. The molecule has 1 N–H and O–H groups in total. The number of hydrogen-bond acceptors (Lipinski definition) is 3. The van der Waals surface area contributed by atoms with Crippen LogP contribution >= 0.6 is 39.1 Å². The highest BCUT2D eigenvalue weighted by molar-refractivity contribution is 9.10. The number of halogens is 3. The van der Waals surface area contributed by atoms with E-state index in [0.717, 1.165) is 0 Å². The number of rotatable bonds is 3. The van der Waals surface area contributed by atoms with Crippen molar-refractivity contribution in [3.8, 4) is 0 Å². The van der Waals surface area contributed by atoms with Gasteiger partial charge in [0.05, 0.1) is 4.83 Å². The van der Waals surface area contributed by atoms with Crippen LogP contribution in [0.15, 0.2) is 6.33 Å². The van der Waals surface area contributed by atoms with Crippen molar-refractivity contribution in [3.63, 3.8) is 0 Å². The average molecular weight is 327 g/mol. The third-order valence-electron chi connectivity index (χ3n) is 1.84. The molecular weight excluding hydrogens is 317 g/mol. The average Bonchev–Trinajstić information content (AvgIpc) is 2.22. The molecule has 1 rings (SSSR count). The number of anilines is 1. The molecule has 0 saturated carbocycles. The Morgan fingerprint density at radius 3 is 2.31 bits per heavy atom. The van der Waals surface area contributed by atoms with Gasteiger partial charge in [0, 0.05) is 0 Å². The monoisotopic (exact) mass is 325 g/mol. The van der Waals surface area contributed by atoms with Crippen molar-refractivity contribution in [2.45, 2.75) is 18.7 Å². The zero-order valence-electron chi connectivity index (χ0n) is 8.67. The minimum Gasteiger partial charge on any atom is -0.320 e. The van der Waals surface area contributed by atoms with E-state index < -0.39 is 0 Å². The molecule has 1 aromatic heterocycles. The standard InChI is InChI=1S/C9H10BrCl2N3O/c1-4(2)5(10)9(16)15-6-7(11)13-3-14-8(6)12/h3-5H,1-2H3,(H,15,16). The molecule has 0 fully saturated rings. The molecule has 0 aliphatic carbocycles. The number of carbonyl (C=O) groups excluding carboxylic acids is 1. The number of hydrogen-bond donors (Lipinski definition) is 1. The van der Waals surface area contributed by atoms with Crippen molar-refractivity contribution in [1.82, 2.24) is 9.97 Å². The Morgan fingerprint density at radius 2 is 1.88 bits per heavy atom. The van der Waals surface area contributed by atoms with Gasteiger partial charge in [0.25, 0.3) is 0 Å². The summed E-state index contributed by atoms with van der Waals surface area (Å²) in [5, 5.41) is 2.83. The highest BCUT2D eigenvalue weighted by Crippen LogP contribution is 2.26. The van der Waals surface area contributed by atoms with E-state index in [0.29, 0.717) is 0 Å². The summed E-state index contributed by atoms with van der Waals surface area (Å²) in [6.45, 7) is 3.84. The SMILES string of the molecule is CC(C)C(Br)C(=O)Nc1c(Cl)ncnc1Cl. The molecule has 0 aliphatic heterocycles. The van der Waals surface area contributed by atoms with Gasteiger partial charge in [-0.15, -0.1) is 0 Å². The summed E-state index contributed by atoms with van der Waals surface area (Å²) >= 11 is 14.9. The van der Waals surface area contributed by atoms with Crippen molar-refractivity contribution in [1.29, 1.82) is 0 Å². The van der Waals surface area contributed by atoms with E-state index in [4.69, 9.17) is 23.2 Å². The van der Waals surface area contributed by atoms with Crippen LogP contribution in [0.3, 0.4) is 0 Å². The molecule has 0 aromatic carbocycles. The Morgan fingerprint density at radius 1 is 1.38 bits per heavy atom. The van der Waals surface area contributed by atoms with Crippen LogP contribution in [0.4, 0.5) is 5.69 Å². The Labute approximate surface area is 112 Å². The van der Waals surface area contributed by atoms with Gasteiger partial charge in [0.1, 0.15) is 12.0 Å². The van der Waals surface area contributed by atoms with Crippen LogP contribution in [0.5, 0.6) is 0 Å². The van der Waals surface area contributed by atoms with E-state index >= 15 is 0 Å². The van der Waals surface area contributed by atoms with Crippen molar-refractivity contribution in [2.24, 2.45) is 5.92 Å². The van der Waals surface area contributed by atoms with Crippen LogP contribution in [-0.2, 0) is 4.79 Å². The van der Waals surface area contributed by atoms with Gasteiger partial charge in [0.15, 0.2) is 10.3 Å². The summed E-state index contributed by atoms with van der Waals surface area (Å²) in [5.74, 6) is -0.0734. The van der Waals surface area contributed by atoms with Gasteiger partial charge in [-0.3, -0.25) is 4.79 Å². The third-order valence-corrected chi connectivity index (χ3v) is 3.89. The molecule has 0 aliphatic rings. The van der Waals surface area contributed by atoms with Crippen LogP contribution < -0.4 is 5.32 Å². The zero-order chi connectivity index (χ0) is 12.3. The second-order valence-corrected chi connectivity index (χ2v) is 5.17. The van der Waals surface area contributed by atoms with E-state index in [1.807, 2.05) is 13.8 Å². The maximum atomic E-state index is 11.7. The Bertz CT molecular complexity index is 380. The van der Waals surface area contributed by atoms with E-state index in [-0.39, 0.29) is 32.6 Å². The van der Waals surface area contributed by atoms with Crippen LogP contribution in [0.1, 0.15) is 13.8 Å². The van der Waals surface area contributed by atoms with Crippen molar-refractivity contribution >= 4 is 50.7 Å². The second kappa shape index (κ2) is 5.80. The zero-order valence-corrected chi connectivity index (χ0v) is 11.8. The molecule has 1 aromatic rings. The number of alkyl halides is 1. The number of nitrogens with zero attached hydrogens (tertiary/aromatic N) is 2. The van der Waals surface area contributed by atoms with Gasteiger partial charge in [-0.05, 0) is 5.92 Å². The maximum Gasteiger partial charge on any atom is 0.238 e. The molecular formula is C9H10BrCl2N3O. The van der Waals surface area contributed by atoms with Gasteiger partial charge >= 0.3 is 0 Å². The predicted octanol–water partition coefficient (Wildman–Crippen LogP) is 3.14. The molecule has 0 saturated heterocycles. The van der Waals surface area contributed by atoms with Crippen molar-refractivity contribution in [3.05, 3.63) is 16.6 Å². The lowest BCUT2D eigenvalue weighted by molar-refractivity contribution is -0.116. The van der Waals surface area contributed by atoms with Crippen molar-refractivity contribution in [2.75, 3.05) is 5.32 Å². The van der Waals surface area contributed by atoms with Gasteiger partial charge < -0.3 is 5.32 Å². The van der Waals surface area contributed by atoms with Gasteiger partial charge in [0.2, 0.25) is 5.91 Å². The number of nitrogens with one attached hydrogen (secondary N) is 1. The molecule has 1 atom stereocenters. The molecule has 1 unspecified atom stereocenters. The predicted molar refractivity (Wildman–Crippen MR) is 68.2 cm³/mol. The first-order chi connectivity index (χ1) is 7.43. The van der Waals surface area contributed by atoms with E-state index in [9.17, 15) is 4.79 Å². The first-order valence-electron chi connectivity index (χ1n) is 4.54. The molecule has 1 amide bonds. The summed E-state index contributed by atoms with van der Waals surface area (Å²) in [6, 6.07) is 0. The lowest BCUT2D eigenvalue weighted by Crippen LogP contribution is -2.27. The summed E-state index contributed by atoms with van der Waals surface area (Å²) in [5.41, 5.74) is 0.237. The quantitative estimate of drug-likeness (QED) is 0.685. The smallest absolute Gasteiger partial charge is 0.238 e. The lowest BCUT2D eigenvalue weighted by Gasteiger charge is -2.14. The highest BCUT2D eigenvalue weighted by Gasteiger charge is 2.21. The van der Waals surface area contributed by atoms with E-state index in [1.165, 1.54) is 6.33 Å². The number of amides is 1. The number of aromatic nitrogens is 2. The van der Waals surface area contributed by atoms with Crippen LogP contribution in [0.2, 0.25) is 10.3 Å². The molecule has 88 valence electrons.